The van der Waals surface area contributed by atoms with Crippen molar-refractivity contribution >= 4 is 6.09 Å². The Morgan fingerprint density at radius 3 is 2.38 bits per heavy atom. The van der Waals surface area contributed by atoms with Crippen LogP contribution in [0.3, 0.4) is 0 Å². The molecule has 2 rings (SSSR count). The third kappa shape index (κ3) is 7.28. The average Bonchev–Trinajstić information content (AvgIpc) is 2.59. The molecule has 0 fully saturated rings. The van der Waals surface area contributed by atoms with Gasteiger partial charge in [0.25, 0.3) is 0 Å². The second-order valence-corrected chi connectivity index (χ2v) is 7.55. The molecule has 26 heavy (non-hydrogen) atoms. The van der Waals surface area contributed by atoms with Crippen LogP contribution in [0, 0.1) is 0 Å². The van der Waals surface area contributed by atoms with Crippen LogP contribution in [-0.2, 0) is 17.6 Å². The summed E-state index contributed by atoms with van der Waals surface area (Å²) in [5.41, 5.74) is 3.02. The number of rotatable bonds is 7. The van der Waals surface area contributed by atoms with E-state index in [9.17, 15) is 9.90 Å². The van der Waals surface area contributed by atoms with Crippen molar-refractivity contribution in [1.82, 2.24) is 5.32 Å². The van der Waals surface area contributed by atoms with Gasteiger partial charge in [0.1, 0.15) is 0 Å². The summed E-state index contributed by atoms with van der Waals surface area (Å²) in [7, 11) is 0. The Labute approximate surface area is 156 Å². The first kappa shape index (κ1) is 20.0. The Balaban J connectivity index is 1.81. The van der Waals surface area contributed by atoms with Gasteiger partial charge in [-0.25, -0.2) is 4.79 Å². The SMILES string of the molecule is CC(C)(C)NC(=O)OCCC(O)c1cccc(CCc2ccccc2)c1. The second kappa shape index (κ2) is 9.39. The number of aliphatic hydroxyl groups excluding tert-OH is 1. The molecule has 4 nitrogen and oxygen atoms in total. The van der Waals surface area contributed by atoms with E-state index in [1.807, 2.05) is 57.2 Å². The molecule has 0 aliphatic rings. The van der Waals surface area contributed by atoms with Crippen LogP contribution < -0.4 is 5.32 Å². The lowest BCUT2D eigenvalue weighted by Gasteiger charge is -2.20. The number of alkyl carbamates (subject to hydrolysis) is 1. The normalized spacial score (nSPS) is 12.5. The van der Waals surface area contributed by atoms with Crippen LogP contribution in [0.25, 0.3) is 0 Å². The van der Waals surface area contributed by atoms with E-state index in [4.69, 9.17) is 4.74 Å². The molecular formula is C22H29NO3. The van der Waals surface area contributed by atoms with Gasteiger partial charge >= 0.3 is 6.09 Å². The highest BCUT2D eigenvalue weighted by Gasteiger charge is 2.15. The number of amides is 1. The third-order valence-corrected chi connectivity index (χ3v) is 3.98. The molecule has 4 heteroatoms. The van der Waals surface area contributed by atoms with Gasteiger partial charge in [0.15, 0.2) is 0 Å². The minimum Gasteiger partial charge on any atom is -0.449 e. The molecule has 0 aromatic heterocycles. The monoisotopic (exact) mass is 355 g/mol. The number of ether oxygens (including phenoxy) is 1. The highest BCUT2D eigenvalue weighted by atomic mass is 16.5. The summed E-state index contributed by atoms with van der Waals surface area (Å²) in [4.78, 5) is 11.6. The largest absolute Gasteiger partial charge is 0.449 e. The van der Waals surface area contributed by atoms with Crippen molar-refractivity contribution < 1.29 is 14.6 Å². The van der Waals surface area contributed by atoms with Gasteiger partial charge in [-0.15, -0.1) is 0 Å². The van der Waals surface area contributed by atoms with Crippen molar-refractivity contribution in [1.29, 1.82) is 0 Å². The molecule has 0 saturated heterocycles. The van der Waals surface area contributed by atoms with Gasteiger partial charge in [-0.2, -0.15) is 0 Å². The van der Waals surface area contributed by atoms with Crippen molar-refractivity contribution in [2.75, 3.05) is 6.61 Å². The van der Waals surface area contributed by atoms with Gasteiger partial charge in [0, 0.05) is 12.0 Å². The predicted octanol–water partition coefficient (Wildman–Crippen LogP) is 4.42. The topological polar surface area (TPSA) is 58.6 Å². The lowest BCUT2D eigenvalue weighted by atomic mass is 9.99. The minimum absolute atomic E-state index is 0.178. The Morgan fingerprint density at radius 1 is 1.04 bits per heavy atom. The van der Waals surface area contributed by atoms with Gasteiger partial charge in [-0.05, 0) is 50.3 Å². The molecule has 0 aliphatic carbocycles. The lowest BCUT2D eigenvalue weighted by Crippen LogP contribution is -2.41. The molecule has 2 aromatic carbocycles. The number of hydrogen-bond donors (Lipinski definition) is 2. The number of carbonyl (C=O) groups is 1. The summed E-state index contributed by atoms with van der Waals surface area (Å²) >= 11 is 0. The van der Waals surface area contributed by atoms with Crippen molar-refractivity contribution in [3.63, 3.8) is 0 Å². The molecule has 0 bridgehead atoms. The molecule has 1 unspecified atom stereocenters. The van der Waals surface area contributed by atoms with E-state index in [1.54, 1.807) is 0 Å². The Kier molecular flexibility index (Phi) is 7.22. The van der Waals surface area contributed by atoms with E-state index < -0.39 is 12.2 Å². The molecule has 0 radical (unpaired) electrons. The smallest absolute Gasteiger partial charge is 0.407 e. The molecular weight excluding hydrogens is 326 g/mol. The highest BCUT2D eigenvalue weighted by Crippen LogP contribution is 2.19. The fraction of sp³-hybridized carbons (Fsp3) is 0.409. The van der Waals surface area contributed by atoms with Crippen LogP contribution in [0.4, 0.5) is 4.79 Å². The standard InChI is InChI=1S/C22H29NO3/c1-22(2,3)23-21(25)26-15-14-20(24)19-11-7-10-18(16-19)13-12-17-8-5-4-6-9-17/h4-11,16,20,24H,12-15H2,1-3H3,(H,23,25). The van der Waals surface area contributed by atoms with Gasteiger partial charge in [-0.3, -0.25) is 0 Å². The molecule has 1 amide bonds. The quantitative estimate of drug-likeness (QED) is 0.773. The van der Waals surface area contributed by atoms with Crippen LogP contribution in [0.2, 0.25) is 0 Å². The zero-order chi connectivity index (χ0) is 19.0. The van der Waals surface area contributed by atoms with Gasteiger partial charge in [0.05, 0.1) is 12.7 Å². The molecule has 0 aliphatic heterocycles. The van der Waals surface area contributed by atoms with E-state index >= 15 is 0 Å². The number of nitrogens with one attached hydrogen (secondary N) is 1. The summed E-state index contributed by atoms with van der Waals surface area (Å²) in [5, 5.41) is 13.1. The predicted molar refractivity (Wildman–Crippen MR) is 104 cm³/mol. The molecule has 0 spiro atoms. The van der Waals surface area contributed by atoms with Crippen LogP contribution in [0.5, 0.6) is 0 Å². The fourth-order valence-corrected chi connectivity index (χ4v) is 2.66. The van der Waals surface area contributed by atoms with Crippen LogP contribution in [0.1, 0.15) is 50.0 Å². The lowest BCUT2D eigenvalue weighted by molar-refractivity contribution is 0.101. The number of hydrogen-bond acceptors (Lipinski definition) is 3. The molecule has 140 valence electrons. The summed E-state index contributed by atoms with van der Waals surface area (Å²) in [5.74, 6) is 0. The van der Waals surface area contributed by atoms with Crippen LogP contribution in [-0.4, -0.2) is 23.3 Å². The Bertz CT molecular complexity index is 692. The number of carbonyl (C=O) groups excluding carboxylic acids is 1. The van der Waals surface area contributed by atoms with Gasteiger partial charge in [0.2, 0.25) is 0 Å². The number of aliphatic hydroxyl groups is 1. The first-order chi connectivity index (χ1) is 12.3. The first-order valence-corrected chi connectivity index (χ1v) is 9.09. The minimum atomic E-state index is -0.644. The molecule has 0 heterocycles. The van der Waals surface area contributed by atoms with E-state index in [-0.39, 0.29) is 12.1 Å². The molecule has 0 saturated carbocycles. The Morgan fingerprint density at radius 2 is 1.69 bits per heavy atom. The average molecular weight is 355 g/mol. The second-order valence-electron chi connectivity index (χ2n) is 7.55. The Hall–Kier alpha value is -2.33. The molecule has 2 aromatic rings. The summed E-state index contributed by atoms with van der Waals surface area (Å²) in [6.45, 7) is 5.86. The third-order valence-electron chi connectivity index (χ3n) is 3.98. The summed E-state index contributed by atoms with van der Waals surface area (Å²) in [6, 6.07) is 18.3. The molecule has 1 atom stereocenters. The van der Waals surface area contributed by atoms with E-state index in [1.165, 1.54) is 11.1 Å². The van der Waals surface area contributed by atoms with E-state index in [0.29, 0.717) is 6.42 Å². The van der Waals surface area contributed by atoms with E-state index in [2.05, 4.69) is 23.5 Å². The fourth-order valence-electron chi connectivity index (χ4n) is 2.66. The van der Waals surface area contributed by atoms with Crippen molar-refractivity contribution in [3.8, 4) is 0 Å². The zero-order valence-electron chi connectivity index (χ0n) is 15.9. The van der Waals surface area contributed by atoms with Crippen molar-refractivity contribution in [2.45, 2.75) is 51.7 Å². The van der Waals surface area contributed by atoms with Gasteiger partial charge in [-0.1, -0.05) is 54.6 Å². The maximum Gasteiger partial charge on any atom is 0.407 e. The maximum absolute atomic E-state index is 11.6. The van der Waals surface area contributed by atoms with E-state index in [0.717, 1.165) is 18.4 Å². The van der Waals surface area contributed by atoms with Gasteiger partial charge < -0.3 is 15.2 Å². The van der Waals surface area contributed by atoms with Crippen LogP contribution >= 0.6 is 0 Å². The molecule has 2 N–H and O–H groups in total. The first-order valence-electron chi connectivity index (χ1n) is 9.09. The number of aryl methyl sites for hydroxylation is 2. The summed E-state index contributed by atoms with van der Waals surface area (Å²) < 4.78 is 5.14. The zero-order valence-corrected chi connectivity index (χ0v) is 15.9. The summed E-state index contributed by atoms with van der Waals surface area (Å²) in [6.07, 6.45) is 1.17. The van der Waals surface area contributed by atoms with Crippen LogP contribution in [0.15, 0.2) is 54.6 Å². The maximum atomic E-state index is 11.6. The van der Waals surface area contributed by atoms with Crippen molar-refractivity contribution in [2.24, 2.45) is 0 Å². The number of benzene rings is 2. The highest BCUT2D eigenvalue weighted by molar-refractivity contribution is 5.68. The van der Waals surface area contributed by atoms with Crippen molar-refractivity contribution in [3.05, 3.63) is 71.3 Å².